The average Bonchev–Trinajstić information content (AvgIpc) is 3.03. The molecule has 1 aromatic carbocycles. The molecule has 1 N–H and O–H groups in total. The Kier molecular flexibility index (Phi) is 6.43. The van der Waals surface area contributed by atoms with Crippen LogP contribution in [0.25, 0.3) is 16.9 Å². The molecule has 0 atom stereocenters. The minimum Gasteiger partial charge on any atom is -0.351 e. The summed E-state index contributed by atoms with van der Waals surface area (Å²) in [5, 5.41) is 7.52. The van der Waals surface area contributed by atoms with Crippen molar-refractivity contribution >= 4 is 11.6 Å². The molecule has 0 spiro atoms. The van der Waals surface area contributed by atoms with Crippen LogP contribution in [0, 0.1) is 0 Å². The number of amides is 1. The quantitative estimate of drug-likeness (QED) is 0.670. The summed E-state index contributed by atoms with van der Waals surface area (Å²) < 4.78 is 1.76. The zero-order valence-corrected chi connectivity index (χ0v) is 18.0. The fourth-order valence-corrected chi connectivity index (χ4v) is 4.09. The van der Waals surface area contributed by atoms with Gasteiger partial charge in [0.1, 0.15) is 5.56 Å². The fraction of sp³-hybridized carbons (Fsp3) is 0.458. The predicted molar refractivity (Wildman–Crippen MR) is 120 cm³/mol. The van der Waals surface area contributed by atoms with Crippen molar-refractivity contribution in [1.82, 2.24) is 24.8 Å². The van der Waals surface area contributed by atoms with E-state index in [4.69, 9.17) is 0 Å². The van der Waals surface area contributed by atoms with Gasteiger partial charge in [-0.15, -0.1) is 0 Å². The summed E-state index contributed by atoms with van der Waals surface area (Å²) >= 11 is 0. The Balaban J connectivity index is 1.47. The van der Waals surface area contributed by atoms with E-state index < -0.39 is 0 Å². The maximum Gasteiger partial charge on any atom is 0.256 e. The first-order valence-electron chi connectivity index (χ1n) is 11.1. The lowest BCUT2D eigenvalue weighted by atomic mass is 10.0. The van der Waals surface area contributed by atoms with E-state index in [1.807, 2.05) is 6.07 Å². The largest absolute Gasteiger partial charge is 0.351 e. The van der Waals surface area contributed by atoms with Crippen LogP contribution in [0.3, 0.4) is 0 Å². The molecule has 1 fully saturated rings. The van der Waals surface area contributed by atoms with Crippen LogP contribution in [-0.2, 0) is 0 Å². The first kappa shape index (κ1) is 20.5. The first-order valence-corrected chi connectivity index (χ1v) is 11.1. The highest BCUT2D eigenvalue weighted by atomic mass is 16.1. The van der Waals surface area contributed by atoms with E-state index in [1.54, 1.807) is 16.9 Å². The van der Waals surface area contributed by atoms with E-state index in [0.29, 0.717) is 23.7 Å². The Bertz CT molecular complexity index is 985. The van der Waals surface area contributed by atoms with Crippen molar-refractivity contribution in [2.75, 3.05) is 26.2 Å². The number of benzene rings is 1. The van der Waals surface area contributed by atoms with Crippen LogP contribution in [0.2, 0.25) is 0 Å². The number of nitrogens with one attached hydrogen (secondary N) is 1. The second kappa shape index (κ2) is 9.39. The van der Waals surface area contributed by atoms with Crippen LogP contribution in [0.5, 0.6) is 0 Å². The Morgan fingerprint density at radius 2 is 1.80 bits per heavy atom. The molecule has 1 aliphatic heterocycles. The molecule has 3 aromatic rings. The van der Waals surface area contributed by atoms with E-state index >= 15 is 0 Å². The van der Waals surface area contributed by atoms with Gasteiger partial charge in [-0.2, -0.15) is 5.10 Å². The summed E-state index contributed by atoms with van der Waals surface area (Å²) in [4.78, 5) is 19.7. The number of hydrogen-bond donors (Lipinski definition) is 1. The summed E-state index contributed by atoms with van der Waals surface area (Å²) in [6.07, 6.45) is 8.52. The van der Waals surface area contributed by atoms with Gasteiger partial charge in [0.2, 0.25) is 0 Å². The van der Waals surface area contributed by atoms with Crippen LogP contribution < -0.4 is 5.32 Å². The van der Waals surface area contributed by atoms with Gasteiger partial charge in [0.15, 0.2) is 5.65 Å². The van der Waals surface area contributed by atoms with Gasteiger partial charge in [0.25, 0.3) is 5.91 Å². The number of hydrogen-bond acceptors (Lipinski definition) is 4. The standard InChI is InChI=1S/C24H31N5O/c1-18(2)19-7-9-20(10-8-19)22-11-12-25-23-21(17-27-29(22)23)24(30)26-13-16-28-14-5-3-4-6-15-28/h7-12,17-18H,3-6,13-16H2,1-2H3,(H,26,30). The highest BCUT2D eigenvalue weighted by Crippen LogP contribution is 2.23. The van der Waals surface area contributed by atoms with Crippen molar-refractivity contribution in [3.63, 3.8) is 0 Å². The third-order valence-corrected chi connectivity index (χ3v) is 5.93. The predicted octanol–water partition coefficient (Wildman–Crippen LogP) is 4.13. The van der Waals surface area contributed by atoms with Crippen molar-refractivity contribution in [3.8, 4) is 11.3 Å². The van der Waals surface area contributed by atoms with Crippen molar-refractivity contribution in [2.45, 2.75) is 45.4 Å². The van der Waals surface area contributed by atoms with Crippen molar-refractivity contribution < 1.29 is 4.79 Å². The molecular formula is C24H31N5O. The Morgan fingerprint density at radius 1 is 1.07 bits per heavy atom. The lowest BCUT2D eigenvalue weighted by Gasteiger charge is -2.19. The van der Waals surface area contributed by atoms with Crippen molar-refractivity contribution in [2.24, 2.45) is 0 Å². The molecule has 4 rings (SSSR count). The van der Waals surface area contributed by atoms with Crippen molar-refractivity contribution in [1.29, 1.82) is 0 Å². The second-order valence-corrected chi connectivity index (χ2v) is 8.41. The molecule has 1 aliphatic rings. The number of fused-ring (bicyclic) bond motifs is 1. The van der Waals surface area contributed by atoms with Crippen LogP contribution in [0.15, 0.2) is 42.7 Å². The molecule has 0 unspecified atom stereocenters. The smallest absolute Gasteiger partial charge is 0.256 e. The number of carbonyl (C=O) groups is 1. The van der Waals surface area contributed by atoms with Gasteiger partial charge < -0.3 is 10.2 Å². The molecule has 0 aliphatic carbocycles. The van der Waals surface area contributed by atoms with Crippen LogP contribution >= 0.6 is 0 Å². The van der Waals surface area contributed by atoms with E-state index in [0.717, 1.165) is 30.9 Å². The molecule has 0 radical (unpaired) electrons. The molecule has 2 aromatic heterocycles. The maximum absolute atomic E-state index is 12.8. The molecule has 6 nitrogen and oxygen atoms in total. The lowest BCUT2D eigenvalue weighted by Crippen LogP contribution is -2.35. The molecule has 158 valence electrons. The number of likely N-dealkylation sites (tertiary alicyclic amines) is 1. The molecule has 1 amide bonds. The van der Waals surface area contributed by atoms with Gasteiger partial charge in [-0.1, -0.05) is 51.0 Å². The highest BCUT2D eigenvalue weighted by molar-refractivity contribution is 5.99. The summed E-state index contributed by atoms with van der Waals surface area (Å²) in [5.41, 5.74) is 4.40. The molecule has 3 heterocycles. The molecule has 0 bridgehead atoms. The van der Waals surface area contributed by atoms with Gasteiger partial charge in [0.05, 0.1) is 11.9 Å². The maximum atomic E-state index is 12.8. The Hall–Kier alpha value is -2.73. The summed E-state index contributed by atoms with van der Waals surface area (Å²) in [6, 6.07) is 10.4. The van der Waals surface area contributed by atoms with Crippen LogP contribution in [0.1, 0.15) is 61.4 Å². The normalized spacial score (nSPS) is 15.4. The van der Waals surface area contributed by atoms with E-state index in [2.05, 4.69) is 58.4 Å². The molecule has 6 heteroatoms. The third kappa shape index (κ3) is 4.54. The summed E-state index contributed by atoms with van der Waals surface area (Å²) in [7, 11) is 0. The van der Waals surface area contributed by atoms with Gasteiger partial charge in [0, 0.05) is 24.8 Å². The second-order valence-electron chi connectivity index (χ2n) is 8.41. The van der Waals surface area contributed by atoms with Gasteiger partial charge in [-0.25, -0.2) is 9.50 Å². The zero-order chi connectivity index (χ0) is 20.9. The molecule has 0 saturated carbocycles. The number of carbonyl (C=O) groups excluding carboxylic acids is 1. The van der Waals surface area contributed by atoms with E-state index in [9.17, 15) is 4.79 Å². The molecular weight excluding hydrogens is 374 g/mol. The summed E-state index contributed by atoms with van der Waals surface area (Å²) in [5.74, 6) is 0.380. The lowest BCUT2D eigenvalue weighted by molar-refractivity contribution is 0.0950. The topological polar surface area (TPSA) is 62.5 Å². The zero-order valence-electron chi connectivity index (χ0n) is 18.0. The van der Waals surface area contributed by atoms with E-state index in [-0.39, 0.29) is 5.91 Å². The van der Waals surface area contributed by atoms with Crippen LogP contribution in [0.4, 0.5) is 0 Å². The van der Waals surface area contributed by atoms with Gasteiger partial charge in [-0.05, 0) is 43.5 Å². The highest BCUT2D eigenvalue weighted by Gasteiger charge is 2.17. The minimum absolute atomic E-state index is 0.111. The molecule has 30 heavy (non-hydrogen) atoms. The van der Waals surface area contributed by atoms with E-state index in [1.165, 1.54) is 31.2 Å². The Morgan fingerprint density at radius 3 is 2.50 bits per heavy atom. The van der Waals surface area contributed by atoms with Crippen molar-refractivity contribution in [3.05, 3.63) is 53.9 Å². The number of nitrogens with zero attached hydrogens (tertiary/aromatic N) is 4. The fourth-order valence-electron chi connectivity index (χ4n) is 4.09. The van der Waals surface area contributed by atoms with Gasteiger partial charge in [-0.3, -0.25) is 4.79 Å². The van der Waals surface area contributed by atoms with Gasteiger partial charge >= 0.3 is 0 Å². The third-order valence-electron chi connectivity index (χ3n) is 5.93. The number of aromatic nitrogens is 3. The SMILES string of the molecule is CC(C)c1ccc(-c2ccnc3c(C(=O)NCCN4CCCCCC4)cnn23)cc1. The first-order chi connectivity index (χ1) is 14.6. The summed E-state index contributed by atoms with van der Waals surface area (Å²) in [6.45, 7) is 8.17. The van der Waals surface area contributed by atoms with Crippen LogP contribution in [-0.4, -0.2) is 51.6 Å². The minimum atomic E-state index is -0.111. The average molecular weight is 406 g/mol. The molecule has 1 saturated heterocycles. The monoisotopic (exact) mass is 405 g/mol. The number of rotatable bonds is 6. The Labute approximate surface area is 178 Å².